The fourth-order valence-electron chi connectivity index (χ4n) is 2.38. The van der Waals surface area contributed by atoms with E-state index in [-0.39, 0.29) is 18.4 Å². The first-order chi connectivity index (χ1) is 9.85. The summed E-state index contributed by atoms with van der Waals surface area (Å²) in [5.41, 5.74) is 4.11. The van der Waals surface area contributed by atoms with Crippen LogP contribution in [-0.4, -0.2) is 30.3 Å². The van der Waals surface area contributed by atoms with Crippen molar-refractivity contribution in [3.05, 3.63) is 28.8 Å². The summed E-state index contributed by atoms with van der Waals surface area (Å²) in [6.07, 6.45) is 2.34. The third-order valence-electron chi connectivity index (χ3n) is 3.49. The predicted octanol–water partition coefficient (Wildman–Crippen LogP) is 3.20. The molecule has 1 aromatic carbocycles. The van der Waals surface area contributed by atoms with E-state index >= 15 is 0 Å². The fraction of sp³-hybridized carbons (Fsp3) is 0.529. The second kappa shape index (κ2) is 7.81. The highest BCUT2D eigenvalue weighted by Crippen LogP contribution is 2.21. The first-order valence-electron chi connectivity index (χ1n) is 7.46. The van der Waals surface area contributed by atoms with Crippen LogP contribution in [0.25, 0.3) is 0 Å². The van der Waals surface area contributed by atoms with E-state index in [9.17, 15) is 9.59 Å². The lowest BCUT2D eigenvalue weighted by Gasteiger charge is -2.18. The average Bonchev–Trinajstić information content (AvgIpc) is 2.39. The molecule has 0 aliphatic rings. The number of carbonyl (C=O) groups is 2. The summed E-state index contributed by atoms with van der Waals surface area (Å²) in [5, 5.41) is 2.91. The molecule has 0 fully saturated rings. The van der Waals surface area contributed by atoms with Crippen molar-refractivity contribution in [2.45, 2.75) is 47.0 Å². The molecule has 0 aromatic heterocycles. The molecule has 0 radical (unpaired) electrons. The molecule has 0 unspecified atom stereocenters. The van der Waals surface area contributed by atoms with Gasteiger partial charge in [-0.2, -0.15) is 0 Å². The Bertz CT molecular complexity index is 501. The summed E-state index contributed by atoms with van der Waals surface area (Å²) in [6.45, 7) is 8.13. The number of benzene rings is 1. The van der Waals surface area contributed by atoms with E-state index in [1.807, 2.05) is 39.8 Å². The highest BCUT2D eigenvalue weighted by Gasteiger charge is 2.14. The van der Waals surface area contributed by atoms with Crippen LogP contribution < -0.4 is 5.32 Å². The van der Waals surface area contributed by atoms with Crippen LogP contribution in [0.5, 0.6) is 0 Å². The molecule has 1 aromatic rings. The highest BCUT2D eigenvalue weighted by atomic mass is 16.2. The van der Waals surface area contributed by atoms with Crippen LogP contribution in [0.15, 0.2) is 12.1 Å². The van der Waals surface area contributed by atoms with Crippen LogP contribution in [0.1, 0.15) is 42.9 Å². The van der Waals surface area contributed by atoms with Gasteiger partial charge in [-0.05, 0) is 38.3 Å². The number of hydrogen-bond donors (Lipinski definition) is 1. The summed E-state index contributed by atoms with van der Waals surface area (Å²) >= 11 is 0. The van der Waals surface area contributed by atoms with Crippen molar-refractivity contribution >= 4 is 17.5 Å². The first kappa shape index (κ1) is 17.2. The van der Waals surface area contributed by atoms with Crippen LogP contribution in [0.3, 0.4) is 0 Å². The maximum Gasteiger partial charge on any atom is 0.243 e. The van der Waals surface area contributed by atoms with Crippen LogP contribution in [0.4, 0.5) is 5.69 Å². The summed E-state index contributed by atoms with van der Waals surface area (Å²) in [6, 6.07) is 4.08. The zero-order valence-electron chi connectivity index (χ0n) is 13.7. The lowest BCUT2D eigenvalue weighted by Crippen LogP contribution is -2.35. The van der Waals surface area contributed by atoms with Crippen molar-refractivity contribution in [1.82, 2.24) is 4.90 Å². The lowest BCUT2D eigenvalue weighted by atomic mass is 10.1. The molecule has 1 N–H and O–H groups in total. The molecule has 0 heterocycles. The number of anilines is 1. The third-order valence-corrected chi connectivity index (χ3v) is 3.49. The van der Waals surface area contributed by atoms with Gasteiger partial charge in [0, 0.05) is 19.2 Å². The molecule has 0 atom stereocenters. The Morgan fingerprint density at radius 1 is 1.14 bits per heavy atom. The first-order valence-corrected chi connectivity index (χ1v) is 7.46. The average molecular weight is 290 g/mol. The molecule has 116 valence electrons. The summed E-state index contributed by atoms with van der Waals surface area (Å²) in [5.74, 6) is -0.137. The molecule has 4 heteroatoms. The van der Waals surface area contributed by atoms with E-state index in [0.717, 1.165) is 29.7 Å². The second-order valence-electron chi connectivity index (χ2n) is 5.68. The maximum atomic E-state index is 12.1. The van der Waals surface area contributed by atoms with E-state index in [0.29, 0.717) is 6.42 Å². The van der Waals surface area contributed by atoms with Gasteiger partial charge in [0.05, 0.1) is 6.54 Å². The smallest absolute Gasteiger partial charge is 0.243 e. The Hall–Kier alpha value is -1.84. The van der Waals surface area contributed by atoms with E-state index in [1.54, 1.807) is 7.05 Å². The van der Waals surface area contributed by atoms with Crippen molar-refractivity contribution in [2.24, 2.45) is 0 Å². The van der Waals surface area contributed by atoms with Crippen LogP contribution in [-0.2, 0) is 9.59 Å². The quantitative estimate of drug-likeness (QED) is 0.874. The van der Waals surface area contributed by atoms with E-state index < -0.39 is 0 Å². The number of hydrogen-bond acceptors (Lipinski definition) is 2. The maximum absolute atomic E-state index is 12.1. The molecule has 0 bridgehead atoms. The topological polar surface area (TPSA) is 49.4 Å². The summed E-state index contributed by atoms with van der Waals surface area (Å²) in [7, 11) is 1.67. The third kappa shape index (κ3) is 5.21. The normalized spacial score (nSPS) is 10.3. The van der Waals surface area contributed by atoms with Crippen LogP contribution in [0, 0.1) is 20.8 Å². The van der Waals surface area contributed by atoms with Gasteiger partial charge in [0.2, 0.25) is 11.8 Å². The highest BCUT2D eigenvalue weighted by molar-refractivity contribution is 5.95. The molecule has 0 spiro atoms. The van der Waals surface area contributed by atoms with E-state index in [1.165, 1.54) is 10.5 Å². The number of carbonyl (C=O) groups excluding carboxylic acids is 2. The summed E-state index contributed by atoms with van der Waals surface area (Å²) in [4.78, 5) is 25.4. The van der Waals surface area contributed by atoms with Crippen molar-refractivity contribution < 1.29 is 9.59 Å². The van der Waals surface area contributed by atoms with Crippen molar-refractivity contribution in [3.8, 4) is 0 Å². The minimum Gasteiger partial charge on any atom is -0.336 e. The zero-order valence-corrected chi connectivity index (χ0v) is 13.7. The number of nitrogens with one attached hydrogen (secondary N) is 1. The predicted molar refractivity (Wildman–Crippen MR) is 86.4 cm³/mol. The monoisotopic (exact) mass is 290 g/mol. The molecule has 21 heavy (non-hydrogen) atoms. The molecular formula is C17H26N2O2. The number of nitrogens with zero attached hydrogens (tertiary/aromatic N) is 1. The van der Waals surface area contributed by atoms with Gasteiger partial charge in [-0.1, -0.05) is 31.0 Å². The molecule has 2 amide bonds. The SMILES string of the molecule is CCCCC(=O)N(C)CC(=O)Nc1c(C)cc(C)cc1C. The minimum atomic E-state index is -0.155. The lowest BCUT2D eigenvalue weighted by molar-refractivity contribution is -0.133. The standard InChI is InChI=1S/C17H26N2O2/c1-6-7-8-16(21)19(5)11-15(20)18-17-13(3)9-12(2)10-14(17)4/h9-10H,6-8,11H2,1-5H3,(H,18,20). The van der Waals surface area contributed by atoms with Crippen LogP contribution >= 0.6 is 0 Å². The Balaban J connectivity index is 2.64. The number of aryl methyl sites for hydroxylation is 3. The molecular weight excluding hydrogens is 264 g/mol. The fourth-order valence-corrected chi connectivity index (χ4v) is 2.38. The van der Waals surface area contributed by atoms with Crippen molar-refractivity contribution in [1.29, 1.82) is 0 Å². The van der Waals surface area contributed by atoms with Gasteiger partial charge in [0.15, 0.2) is 0 Å². The van der Waals surface area contributed by atoms with E-state index in [4.69, 9.17) is 0 Å². The van der Waals surface area contributed by atoms with Gasteiger partial charge < -0.3 is 10.2 Å². The van der Waals surface area contributed by atoms with Gasteiger partial charge in [-0.3, -0.25) is 9.59 Å². The van der Waals surface area contributed by atoms with Crippen LogP contribution in [0.2, 0.25) is 0 Å². The zero-order chi connectivity index (χ0) is 16.0. The number of likely N-dealkylation sites (N-methyl/N-ethyl adjacent to an activating group) is 1. The van der Waals surface area contributed by atoms with Gasteiger partial charge in [0.25, 0.3) is 0 Å². The molecule has 1 rings (SSSR count). The molecule has 0 aliphatic carbocycles. The second-order valence-corrected chi connectivity index (χ2v) is 5.68. The number of rotatable bonds is 6. The number of amides is 2. The minimum absolute atomic E-state index is 0.0179. The Kier molecular flexibility index (Phi) is 6.40. The number of unbranched alkanes of at least 4 members (excludes halogenated alkanes) is 1. The molecule has 4 nitrogen and oxygen atoms in total. The Morgan fingerprint density at radius 3 is 2.24 bits per heavy atom. The largest absolute Gasteiger partial charge is 0.336 e. The van der Waals surface area contributed by atoms with Crippen molar-refractivity contribution in [3.63, 3.8) is 0 Å². The molecule has 0 aliphatic heterocycles. The molecule has 0 saturated carbocycles. The van der Waals surface area contributed by atoms with Gasteiger partial charge in [0.1, 0.15) is 0 Å². The Morgan fingerprint density at radius 2 is 1.71 bits per heavy atom. The summed E-state index contributed by atoms with van der Waals surface area (Å²) < 4.78 is 0. The van der Waals surface area contributed by atoms with Gasteiger partial charge in [-0.15, -0.1) is 0 Å². The molecule has 0 saturated heterocycles. The Labute approximate surface area is 127 Å². The van der Waals surface area contributed by atoms with Gasteiger partial charge in [-0.25, -0.2) is 0 Å². The van der Waals surface area contributed by atoms with Crippen molar-refractivity contribution in [2.75, 3.05) is 18.9 Å². The van der Waals surface area contributed by atoms with Gasteiger partial charge >= 0.3 is 0 Å². The van der Waals surface area contributed by atoms with E-state index in [2.05, 4.69) is 5.32 Å².